The zero-order valence-electron chi connectivity index (χ0n) is 11.5. The van der Waals surface area contributed by atoms with Gasteiger partial charge in [-0.05, 0) is 25.0 Å². The lowest BCUT2D eigenvalue weighted by molar-refractivity contribution is -0.136. The van der Waals surface area contributed by atoms with Gasteiger partial charge in [-0.15, -0.1) is 0 Å². The van der Waals surface area contributed by atoms with Crippen molar-refractivity contribution in [1.29, 1.82) is 0 Å². The summed E-state index contributed by atoms with van der Waals surface area (Å²) in [5.74, 6) is -0.283. The molecule has 1 saturated heterocycles. The molecule has 0 unspecified atom stereocenters. The van der Waals surface area contributed by atoms with E-state index < -0.39 is 0 Å². The van der Waals surface area contributed by atoms with Gasteiger partial charge in [0.05, 0.1) is 0 Å². The molecule has 1 aliphatic heterocycles. The van der Waals surface area contributed by atoms with Gasteiger partial charge in [0.1, 0.15) is 5.82 Å². The second-order valence-corrected chi connectivity index (χ2v) is 5.34. The van der Waals surface area contributed by atoms with Gasteiger partial charge in [0.25, 0.3) is 0 Å². The van der Waals surface area contributed by atoms with Gasteiger partial charge < -0.3 is 10.2 Å². The molecule has 3 nitrogen and oxygen atoms in total. The number of carbonyl (C=O) groups is 1. The number of nitrogens with zero attached hydrogens (tertiary/aromatic N) is 1. The largest absolute Gasteiger partial charge is 0.340 e. The van der Waals surface area contributed by atoms with E-state index in [1.807, 2.05) is 17.9 Å². The highest BCUT2D eigenvalue weighted by atomic mass is 19.1. The summed E-state index contributed by atoms with van der Waals surface area (Å²) in [6.45, 7) is 6.26. The average Bonchev–Trinajstić information content (AvgIpc) is 2.40. The molecular formula is C15H21FN2O. The maximum atomic E-state index is 13.6. The molecular weight excluding hydrogens is 243 g/mol. The van der Waals surface area contributed by atoms with Crippen molar-refractivity contribution in [1.82, 2.24) is 10.2 Å². The van der Waals surface area contributed by atoms with Crippen molar-refractivity contribution < 1.29 is 9.18 Å². The Bertz CT molecular complexity index is 450. The van der Waals surface area contributed by atoms with Crippen LogP contribution in [0.5, 0.6) is 0 Å². The molecule has 1 aromatic carbocycles. The molecule has 1 aromatic rings. The third-order valence-electron chi connectivity index (χ3n) is 3.59. The van der Waals surface area contributed by atoms with Crippen LogP contribution in [0.1, 0.15) is 19.4 Å². The summed E-state index contributed by atoms with van der Waals surface area (Å²) >= 11 is 0. The first-order chi connectivity index (χ1) is 9.08. The molecule has 19 heavy (non-hydrogen) atoms. The van der Waals surface area contributed by atoms with Crippen LogP contribution in [-0.2, 0) is 11.2 Å². The van der Waals surface area contributed by atoms with E-state index in [-0.39, 0.29) is 17.6 Å². The standard InChI is InChI=1S/C15H21FN2O/c1-11(9-13-5-3-4-6-14(13)16)15(19)18-8-7-17-12(2)10-18/h3-6,11-12,17H,7-10H2,1-2H3/t11-,12-/m0/s1. The summed E-state index contributed by atoms with van der Waals surface area (Å²) in [7, 11) is 0. The summed E-state index contributed by atoms with van der Waals surface area (Å²) in [5, 5.41) is 3.31. The predicted octanol–water partition coefficient (Wildman–Crippen LogP) is 1.82. The lowest BCUT2D eigenvalue weighted by Crippen LogP contribution is -2.52. The number of amides is 1. The highest BCUT2D eigenvalue weighted by Gasteiger charge is 2.25. The summed E-state index contributed by atoms with van der Waals surface area (Å²) in [6, 6.07) is 7.00. The molecule has 0 aliphatic carbocycles. The molecule has 4 heteroatoms. The Kier molecular flexibility index (Phi) is 4.53. The molecule has 0 aromatic heterocycles. The number of carbonyl (C=O) groups excluding carboxylic acids is 1. The van der Waals surface area contributed by atoms with E-state index in [2.05, 4.69) is 12.2 Å². The first-order valence-corrected chi connectivity index (χ1v) is 6.83. The van der Waals surface area contributed by atoms with Crippen molar-refractivity contribution in [3.05, 3.63) is 35.6 Å². The molecule has 0 saturated carbocycles. The molecule has 0 bridgehead atoms. The van der Waals surface area contributed by atoms with Crippen LogP contribution in [0.3, 0.4) is 0 Å². The van der Waals surface area contributed by atoms with Crippen LogP contribution in [0.2, 0.25) is 0 Å². The van der Waals surface area contributed by atoms with E-state index >= 15 is 0 Å². The predicted molar refractivity (Wildman–Crippen MR) is 73.3 cm³/mol. The number of nitrogens with one attached hydrogen (secondary N) is 1. The smallest absolute Gasteiger partial charge is 0.225 e. The number of hydrogen-bond donors (Lipinski definition) is 1. The van der Waals surface area contributed by atoms with E-state index in [0.29, 0.717) is 18.0 Å². The fraction of sp³-hybridized carbons (Fsp3) is 0.533. The molecule has 0 spiro atoms. The Morgan fingerprint density at radius 3 is 2.95 bits per heavy atom. The van der Waals surface area contributed by atoms with Gasteiger partial charge in [0.15, 0.2) is 0 Å². The second kappa shape index (κ2) is 6.15. The van der Waals surface area contributed by atoms with Gasteiger partial charge in [-0.1, -0.05) is 25.1 Å². The van der Waals surface area contributed by atoms with Gasteiger partial charge in [-0.25, -0.2) is 4.39 Å². The summed E-state index contributed by atoms with van der Waals surface area (Å²) in [6.07, 6.45) is 0.462. The van der Waals surface area contributed by atoms with Crippen molar-refractivity contribution in [2.75, 3.05) is 19.6 Å². The molecule has 0 radical (unpaired) electrons. The first-order valence-electron chi connectivity index (χ1n) is 6.83. The van der Waals surface area contributed by atoms with Crippen LogP contribution < -0.4 is 5.32 Å². The fourth-order valence-electron chi connectivity index (χ4n) is 2.53. The lowest BCUT2D eigenvalue weighted by atomic mass is 9.99. The van der Waals surface area contributed by atoms with Crippen molar-refractivity contribution in [3.8, 4) is 0 Å². The van der Waals surface area contributed by atoms with Crippen molar-refractivity contribution >= 4 is 5.91 Å². The monoisotopic (exact) mass is 264 g/mol. The highest BCUT2D eigenvalue weighted by Crippen LogP contribution is 2.15. The Balaban J connectivity index is 1.97. The second-order valence-electron chi connectivity index (χ2n) is 5.34. The van der Waals surface area contributed by atoms with Gasteiger partial charge >= 0.3 is 0 Å². The molecule has 1 aliphatic rings. The Morgan fingerprint density at radius 1 is 1.53 bits per heavy atom. The zero-order valence-corrected chi connectivity index (χ0v) is 11.5. The minimum atomic E-state index is -0.226. The van der Waals surface area contributed by atoms with Crippen molar-refractivity contribution in [3.63, 3.8) is 0 Å². The normalized spacial score (nSPS) is 21.2. The minimum Gasteiger partial charge on any atom is -0.340 e. The Hall–Kier alpha value is -1.42. The van der Waals surface area contributed by atoms with Crippen LogP contribution in [0.4, 0.5) is 4.39 Å². The third-order valence-corrected chi connectivity index (χ3v) is 3.59. The number of hydrogen-bond acceptors (Lipinski definition) is 2. The molecule has 1 heterocycles. The average molecular weight is 264 g/mol. The van der Waals surface area contributed by atoms with E-state index in [4.69, 9.17) is 0 Å². The van der Waals surface area contributed by atoms with Gasteiger partial charge in [-0.3, -0.25) is 4.79 Å². The topological polar surface area (TPSA) is 32.3 Å². The summed E-state index contributed by atoms with van der Waals surface area (Å²) in [4.78, 5) is 14.2. The Labute approximate surface area is 113 Å². The van der Waals surface area contributed by atoms with Crippen LogP contribution in [0.15, 0.2) is 24.3 Å². The SMILES string of the molecule is C[C@H]1CN(C(=O)[C@@H](C)Cc2ccccc2F)CCN1. The third kappa shape index (κ3) is 3.53. The Morgan fingerprint density at radius 2 is 2.26 bits per heavy atom. The fourth-order valence-corrected chi connectivity index (χ4v) is 2.53. The van der Waals surface area contributed by atoms with Gasteiger partial charge in [-0.2, -0.15) is 0 Å². The van der Waals surface area contributed by atoms with E-state index in [1.54, 1.807) is 12.1 Å². The number of halogens is 1. The van der Waals surface area contributed by atoms with Crippen LogP contribution in [-0.4, -0.2) is 36.5 Å². The quantitative estimate of drug-likeness (QED) is 0.903. The zero-order chi connectivity index (χ0) is 13.8. The molecule has 104 valence electrons. The lowest BCUT2D eigenvalue weighted by Gasteiger charge is -2.33. The maximum absolute atomic E-state index is 13.6. The van der Waals surface area contributed by atoms with E-state index in [1.165, 1.54) is 6.07 Å². The first kappa shape index (κ1) is 14.0. The number of rotatable bonds is 3. The number of piperazine rings is 1. The highest BCUT2D eigenvalue weighted by molar-refractivity contribution is 5.79. The number of benzene rings is 1. The minimum absolute atomic E-state index is 0.122. The summed E-state index contributed by atoms with van der Waals surface area (Å²) in [5.41, 5.74) is 0.617. The van der Waals surface area contributed by atoms with E-state index in [9.17, 15) is 9.18 Å². The molecule has 1 N–H and O–H groups in total. The molecule has 1 fully saturated rings. The van der Waals surface area contributed by atoms with Crippen LogP contribution >= 0.6 is 0 Å². The van der Waals surface area contributed by atoms with Gasteiger partial charge in [0.2, 0.25) is 5.91 Å². The molecule has 2 atom stereocenters. The van der Waals surface area contributed by atoms with Crippen molar-refractivity contribution in [2.45, 2.75) is 26.3 Å². The van der Waals surface area contributed by atoms with Crippen molar-refractivity contribution in [2.24, 2.45) is 5.92 Å². The van der Waals surface area contributed by atoms with E-state index in [0.717, 1.165) is 19.6 Å². The summed E-state index contributed by atoms with van der Waals surface area (Å²) < 4.78 is 13.6. The molecule has 1 amide bonds. The van der Waals surface area contributed by atoms with Gasteiger partial charge in [0, 0.05) is 31.6 Å². The maximum Gasteiger partial charge on any atom is 0.225 e. The van der Waals surface area contributed by atoms with Crippen LogP contribution in [0.25, 0.3) is 0 Å². The molecule has 2 rings (SSSR count). The van der Waals surface area contributed by atoms with Crippen LogP contribution in [0, 0.1) is 11.7 Å².